The fourth-order valence-corrected chi connectivity index (χ4v) is 3.04. The fraction of sp³-hybridized carbons (Fsp3) is 0.647. The van der Waals surface area contributed by atoms with E-state index in [-0.39, 0.29) is 5.92 Å². The van der Waals surface area contributed by atoms with E-state index in [4.69, 9.17) is 0 Å². The van der Waals surface area contributed by atoms with Gasteiger partial charge in [-0.2, -0.15) is 0 Å². The van der Waals surface area contributed by atoms with Gasteiger partial charge in [-0.25, -0.2) is 8.78 Å². The van der Waals surface area contributed by atoms with Crippen molar-refractivity contribution in [2.45, 2.75) is 64.2 Å². The monoisotopic (exact) mass is 281 g/mol. The summed E-state index contributed by atoms with van der Waals surface area (Å²) in [6.45, 7) is 2.97. The molecular formula is C17H25F2N. The van der Waals surface area contributed by atoms with Crippen LogP contribution in [0.3, 0.4) is 0 Å². The number of fused-ring (bicyclic) bond motifs is 1. The maximum Gasteiger partial charge on any atom is 0.149 e. The number of hydrogen-bond acceptors (Lipinski definition) is 1. The summed E-state index contributed by atoms with van der Waals surface area (Å²) in [6.07, 6.45) is 9.95. The zero-order chi connectivity index (χ0) is 14.4. The predicted molar refractivity (Wildman–Crippen MR) is 80.2 cm³/mol. The second-order valence-corrected chi connectivity index (χ2v) is 5.84. The van der Waals surface area contributed by atoms with Gasteiger partial charge < -0.3 is 5.32 Å². The Morgan fingerprint density at radius 1 is 1.05 bits per heavy atom. The van der Waals surface area contributed by atoms with Gasteiger partial charge in [0.1, 0.15) is 11.6 Å². The minimum Gasteiger partial charge on any atom is -0.382 e. The van der Waals surface area contributed by atoms with Gasteiger partial charge >= 0.3 is 0 Å². The van der Waals surface area contributed by atoms with E-state index in [0.717, 1.165) is 31.0 Å². The van der Waals surface area contributed by atoms with Gasteiger partial charge in [-0.3, -0.25) is 0 Å². The van der Waals surface area contributed by atoms with E-state index in [2.05, 4.69) is 12.2 Å². The standard InChI is InChI=1S/C17H25F2N/c1-2-3-4-5-6-7-8-9-13-12-20-17-15(13)10-14(18)11-16(17)19/h10-11,13,20H,2-9,12H2,1H3. The van der Waals surface area contributed by atoms with Crippen LogP contribution in [0, 0.1) is 11.6 Å². The van der Waals surface area contributed by atoms with Crippen LogP contribution < -0.4 is 5.32 Å². The molecule has 1 unspecified atom stereocenters. The Kier molecular flexibility index (Phi) is 5.81. The summed E-state index contributed by atoms with van der Waals surface area (Å²) in [5, 5.41) is 3.07. The van der Waals surface area contributed by atoms with Crippen LogP contribution in [-0.2, 0) is 0 Å². The molecule has 1 aliphatic rings. The lowest BCUT2D eigenvalue weighted by Gasteiger charge is -2.10. The highest BCUT2D eigenvalue weighted by molar-refractivity contribution is 5.58. The van der Waals surface area contributed by atoms with Gasteiger partial charge in [-0.05, 0) is 18.1 Å². The van der Waals surface area contributed by atoms with E-state index >= 15 is 0 Å². The molecule has 0 aliphatic carbocycles. The molecule has 0 radical (unpaired) electrons. The lowest BCUT2D eigenvalue weighted by molar-refractivity contribution is 0.545. The zero-order valence-electron chi connectivity index (χ0n) is 12.4. The Hall–Kier alpha value is -1.12. The summed E-state index contributed by atoms with van der Waals surface area (Å²) in [7, 11) is 0. The molecule has 2 rings (SSSR count). The van der Waals surface area contributed by atoms with Crippen LogP contribution in [0.25, 0.3) is 0 Å². The first kappa shape index (κ1) is 15.3. The maximum atomic E-state index is 13.6. The van der Waals surface area contributed by atoms with Crippen molar-refractivity contribution in [3.8, 4) is 0 Å². The largest absolute Gasteiger partial charge is 0.382 e. The minimum atomic E-state index is -0.463. The highest BCUT2D eigenvalue weighted by atomic mass is 19.1. The lowest BCUT2D eigenvalue weighted by Crippen LogP contribution is -2.01. The molecule has 0 aromatic heterocycles. The molecule has 20 heavy (non-hydrogen) atoms. The van der Waals surface area contributed by atoms with Crippen LogP contribution in [-0.4, -0.2) is 6.54 Å². The Labute approximate surface area is 120 Å². The Morgan fingerprint density at radius 3 is 2.50 bits per heavy atom. The van der Waals surface area contributed by atoms with Gasteiger partial charge in [0.2, 0.25) is 0 Å². The summed E-state index contributed by atoms with van der Waals surface area (Å²) < 4.78 is 26.9. The molecule has 1 aromatic rings. The SMILES string of the molecule is CCCCCCCCCC1CNc2c(F)cc(F)cc21. The molecule has 1 nitrogen and oxygen atoms in total. The highest BCUT2D eigenvalue weighted by Gasteiger charge is 2.25. The van der Waals surface area contributed by atoms with E-state index in [1.54, 1.807) is 0 Å². The third kappa shape index (κ3) is 3.94. The molecule has 0 fully saturated rings. The summed E-state index contributed by atoms with van der Waals surface area (Å²) in [6, 6.07) is 2.45. The second kappa shape index (κ2) is 7.61. The lowest BCUT2D eigenvalue weighted by atomic mass is 9.94. The summed E-state index contributed by atoms with van der Waals surface area (Å²) in [5.41, 5.74) is 1.34. The molecular weight excluding hydrogens is 256 g/mol. The van der Waals surface area contributed by atoms with Gasteiger partial charge in [0.15, 0.2) is 0 Å². The van der Waals surface area contributed by atoms with Crippen molar-refractivity contribution in [3.63, 3.8) is 0 Å². The van der Waals surface area contributed by atoms with Crippen LogP contribution in [0.1, 0.15) is 69.8 Å². The Balaban J connectivity index is 1.74. The van der Waals surface area contributed by atoms with Crippen LogP contribution in [0.15, 0.2) is 12.1 Å². The topological polar surface area (TPSA) is 12.0 Å². The first-order valence-corrected chi connectivity index (χ1v) is 7.95. The van der Waals surface area contributed by atoms with Gasteiger partial charge in [0.25, 0.3) is 0 Å². The van der Waals surface area contributed by atoms with Crippen molar-refractivity contribution in [2.24, 2.45) is 0 Å². The molecule has 0 saturated heterocycles. The molecule has 0 saturated carbocycles. The number of anilines is 1. The van der Waals surface area contributed by atoms with Crippen molar-refractivity contribution in [1.29, 1.82) is 0 Å². The summed E-state index contributed by atoms with van der Waals surface area (Å²) >= 11 is 0. The molecule has 3 heteroatoms. The smallest absolute Gasteiger partial charge is 0.149 e. The molecule has 112 valence electrons. The van der Waals surface area contributed by atoms with E-state index < -0.39 is 11.6 Å². The van der Waals surface area contributed by atoms with Crippen molar-refractivity contribution in [3.05, 3.63) is 29.3 Å². The van der Waals surface area contributed by atoms with E-state index in [0.29, 0.717) is 5.69 Å². The Bertz CT molecular complexity index is 431. The molecule has 1 atom stereocenters. The number of unbranched alkanes of at least 4 members (excludes halogenated alkanes) is 6. The number of benzene rings is 1. The number of halogens is 2. The third-order valence-corrected chi connectivity index (χ3v) is 4.21. The molecule has 1 aliphatic heterocycles. The quantitative estimate of drug-likeness (QED) is 0.610. The van der Waals surface area contributed by atoms with Crippen LogP contribution in [0.5, 0.6) is 0 Å². The van der Waals surface area contributed by atoms with Crippen LogP contribution in [0.4, 0.5) is 14.5 Å². The molecule has 0 amide bonds. The summed E-state index contributed by atoms with van der Waals surface area (Å²) in [5.74, 6) is -0.651. The average molecular weight is 281 g/mol. The number of nitrogens with one attached hydrogen (secondary N) is 1. The second-order valence-electron chi connectivity index (χ2n) is 5.84. The first-order chi connectivity index (χ1) is 9.72. The van der Waals surface area contributed by atoms with Crippen LogP contribution >= 0.6 is 0 Å². The fourth-order valence-electron chi connectivity index (χ4n) is 3.04. The molecule has 0 spiro atoms. The summed E-state index contributed by atoms with van der Waals surface area (Å²) in [4.78, 5) is 0. The van der Waals surface area contributed by atoms with Crippen LogP contribution in [0.2, 0.25) is 0 Å². The van der Waals surface area contributed by atoms with Gasteiger partial charge in [0.05, 0.1) is 5.69 Å². The molecule has 1 N–H and O–H groups in total. The number of rotatable bonds is 8. The van der Waals surface area contributed by atoms with Crippen molar-refractivity contribution < 1.29 is 8.78 Å². The Morgan fingerprint density at radius 2 is 1.75 bits per heavy atom. The number of hydrogen-bond donors (Lipinski definition) is 1. The van der Waals surface area contributed by atoms with E-state index in [9.17, 15) is 8.78 Å². The van der Waals surface area contributed by atoms with Crippen molar-refractivity contribution >= 4 is 5.69 Å². The first-order valence-electron chi connectivity index (χ1n) is 7.95. The molecule has 0 bridgehead atoms. The normalized spacial score (nSPS) is 17.1. The van der Waals surface area contributed by atoms with Crippen molar-refractivity contribution in [2.75, 3.05) is 11.9 Å². The highest BCUT2D eigenvalue weighted by Crippen LogP contribution is 2.37. The third-order valence-electron chi connectivity index (χ3n) is 4.21. The predicted octanol–water partition coefficient (Wildman–Crippen LogP) is 5.61. The van der Waals surface area contributed by atoms with Gasteiger partial charge in [-0.15, -0.1) is 0 Å². The van der Waals surface area contributed by atoms with E-state index in [1.165, 1.54) is 44.6 Å². The molecule has 1 aromatic carbocycles. The zero-order valence-corrected chi connectivity index (χ0v) is 12.4. The maximum absolute atomic E-state index is 13.6. The van der Waals surface area contributed by atoms with Gasteiger partial charge in [0, 0.05) is 18.5 Å². The minimum absolute atomic E-state index is 0.269. The molecule has 1 heterocycles. The van der Waals surface area contributed by atoms with Crippen molar-refractivity contribution in [1.82, 2.24) is 0 Å². The average Bonchev–Trinajstić information content (AvgIpc) is 2.81. The van der Waals surface area contributed by atoms with Gasteiger partial charge in [-0.1, -0.05) is 51.9 Å². The van der Waals surface area contributed by atoms with E-state index in [1.807, 2.05) is 0 Å².